The van der Waals surface area contributed by atoms with E-state index in [4.69, 9.17) is 4.74 Å². The molecule has 0 aromatic heterocycles. The molecule has 0 bridgehead atoms. The molecule has 0 spiro atoms. The summed E-state index contributed by atoms with van der Waals surface area (Å²) in [7, 11) is 0. The highest BCUT2D eigenvalue weighted by Gasteiger charge is 2.16. The van der Waals surface area contributed by atoms with Gasteiger partial charge in [-0.25, -0.2) is 0 Å². The number of anilines is 1. The topological polar surface area (TPSA) is 15.7 Å². The molecule has 122 valence electrons. The van der Waals surface area contributed by atoms with Crippen LogP contribution in [-0.2, 0) is 0 Å². The molecule has 1 aliphatic heterocycles. The van der Waals surface area contributed by atoms with Crippen LogP contribution in [0.15, 0.2) is 59.1 Å². The third-order valence-electron chi connectivity index (χ3n) is 4.19. The molecule has 1 fully saturated rings. The summed E-state index contributed by atoms with van der Waals surface area (Å²) in [4.78, 5) is 5.00. The molecule has 3 rings (SSSR count). The van der Waals surface area contributed by atoms with Crippen molar-refractivity contribution in [3.63, 3.8) is 0 Å². The molecule has 0 atom stereocenters. The zero-order chi connectivity index (χ0) is 15.9. The first-order chi connectivity index (χ1) is 11.3. The summed E-state index contributed by atoms with van der Waals surface area (Å²) >= 11 is 3.43. The van der Waals surface area contributed by atoms with Crippen LogP contribution in [0.5, 0.6) is 5.75 Å². The van der Waals surface area contributed by atoms with Crippen LogP contribution in [-0.4, -0.2) is 44.2 Å². The van der Waals surface area contributed by atoms with Crippen LogP contribution in [0.2, 0.25) is 0 Å². The van der Waals surface area contributed by atoms with Crippen molar-refractivity contribution in [2.45, 2.75) is 6.42 Å². The average Bonchev–Trinajstić information content (AvgIpc) is 2.62. The fourth-order valence-corrected chi connectivity index (χ4v) is 3.14. The lowest BCUT2D eigenvalue weighted by Gasteiger charge is -2.36. The summed E-state index contributed by atoms with van der Waals surface area (Å²) in [6.07, 6.45) is 1.07. The quantitative estimate of drug-likeness (QED) is 0.709. The normalized spacial score (nSPS) is 15.6. The van der Waals surface area contributed by atoms with Gasteiger partial charge in [0.2, 0.25) is 0 Å². The number of nitrogens with zero attached hydrogens (tertiary/aromatic N) is 2. The van der Waals surface area contributed by atoms with Crippen LogP contribution in [0.25, 0.3) is 0 Å². The predicted octanol–water partition coefficient (Wildman–Crippen LogP) is 4.04. The number of rotatable bonds is 6. The molecular weight excluding hydrogens is 352 g/mol. The highest BCUT2D eigenvalue weighted by Crippen LogP contribution is 2.17. The maximum atomic E-state index is 5.78. The molecule has 23 heavy (non-hydrogen) atoms. The third-order valence-corrected chi connectivity index (χ3v) is 4.72. The van der Waals surface area contributed by atoms with E-state index in [1.54, 1.807) is 0 Å². The van der Waals surface area contributed by atoms with Gasteiger partial charge in [-0.2, -0.15) is 0 Å². The van der Waals surface area contributed by atoms with E-state index >= 15 is 0 Å². The third kappa shape index (κ3) is 4.98. The van der Waals surface area contributed by atoms with Crippen molar-refractivity contribution >= 4 is 21.6 Å². The zero-order valence-corrected chi connectivity index (χ0v) is 14.9. The second-order valence-electron chi connectivity index (χ2n) is 5.82. The van der Waals surface area contributed by atoms with Crippen LogP contribution in [0.1, 0.15) is 6.42 Å². The van der Waals surface area contributed by atoms with Gasteiger partial charge >= 0.3 is 0 Å². The second kappa shape index (κ2) is 8.37. The number of ether oxygens (including phenoxy) is 1. The van der Waals surface area contributed by atoms with Crippen LogP contribution < -0.4 is 9.64 Å². The number of piperazine rings is 1. The fourth-order valence-electron chi connectivity index (χ4n) is 2.88. The minimum atomic E-state index is 0.778. The zero-order valence-electron chi connectivity index (χ0n) is 13.3. The van der Waals surface area contributed by atoms with Crippen molar-refractivity contribution in [3.05, 3.63) is 59.1 Å². The van der Waals surface area contributed by atoms with E-state index in [2.05, 4.69) is 56.1 Å². The molecule has 0 N–H and O–H groups in total. The van der Waals surface area contributed by atoms with Gasteiger partial charge in [0, 0.05) is 42.9 Å². The van der Waals surface area contributed by atoms with Crippen molar-refractivity contribution in [2.75, 3.05) is 44.2 Å². The maximum Gasteiger partial charge on any atom is 0.119 e. The number of hydrogen-bond acceptors (Lipinski definition) is 3. The summed E-state index contributed by atoms with van der Waals surface area (Å²) in [5.74, 6) is 0.946. The number of benzene rings is 2. The Balaban J connectivity index is 1.34. The van der Waals surface area contributed by atoms with Gasteiger partial charge in [0.1, 0.15) is 5.75 Å². The minimum absolute atomic E-state index is 0.778. The first kappa shape index (κ1) is 16.3. The largest absolute Gasteiger partial charge is 0.494 e. The van der Waals surface area contributed by atoms with Gasteiger partial charge in [-0.1, -0.05) is 34.1 Å². The molecule has 2 aromatic rings. The summed E-state index contributed by atoms with van der Waals surface area (Å²) < 4.78 is 6.87. The smallest absolute Gasteiger partial charge is 0.119 e. The highest BCUT2D eigenvalue weighted by atomic mass is 79.9. The molecule has 0 aliphatic carbocycles. The van der Waals surface area contributed by atoms with Gasteiger partial charge in [-0.05, 0) is 42.8 Å². The highest BCUT2D eigenvalue weighted by molar-refractivity contribution is 9.10. The van der Waals surface area contributed by atoms with Crippen LogP contribution >= 0.6 is 15.9 Å². The van der Waals surface area contributed by atoms with Crippen LogP contribution in [0, 0.1) is 0 Å². The fraction of sp³-hybridized carbons (Fsp3) is 0.368. The van der Waals surface area contributed by atoms with Gasteiger partial charge in [0.15, 0.2) is 0 Å². The Hall–Kier alpha value is -1.52. The monoisotopic (exact) mass is 374 g/mol. The maximum absolute atomic E-state index is 5.78. The Labute approximate surface area is 147 Å². The van der Waals surface area contributed by atoms with Crippen molar-refractivity contribution in [2.24, 2.45) is 0 Å². The van der Waals surface area contributed by atoms with E-state index in [9.17, 15) is 0 Å². The summed E-state index contributed by atoms with van der Waals surface area (Å²) in [6.45, 7) is 6.37. The molecule has 0 unspecified atom stereocenters. The van der Waals surface area contributed by atoms with Crippen molar-refractivity contribution in [1.82, 2.24) is 4.90 Å². The predicted molar refractivity (Wildman–Crippen MR) is 99.3 cm³/mol. The van der Waals surface area contributed by atoms with E-state index in [1.165, 1.54) is 5.69 Å². The number of halogens is 1. The lowest BCUT2D eigenvalue weighted by Crippen LogP contribution is -2.46. The van der Waals surface area contributed by atoms with Crippen molar-refractivity contribution in [3.8, 4) is 5.75 Å². The summed E-state index contributed by atoms with van der Waals surface area (Å²) in [5.41, 5.74) is 1.34. The Morgan fingerprint density at radius 2 is 1.57 bits per heavy atom. The molecule has 0 radical (unpaired) electrons. The Bertz CT molecular complexity index is 580. The molecule has 1 heterocycles. The minimum Gasteiger partial charge on any atom is -0.494 e. The molecule has 4 heteroatoms. The Kier molecular flexibility index (Phi) is 5.94. The van der Waals surface area contributed by atoms with Gasteiger partial charge in [-0.3, -0.25) is 4.90 Å². The average molecular weight is 375 g/mol. The van der Waals surface area contributed by atoms with Crippen LogP contribution in [0.4, 0.5) is 5.69 Å². The molecule has 3 nitrogen and oxygen atoms in total. The van der Waals surface area contributed by atoms with Gasteiger partial charge in [-0.15, -0.1) is 0 Å². The molecular formula is C19H23BrN2O. The van der Waals surface area contributed by atoms with E-state index in [1.807, 2.05) is 24.3 Å². The summed E-state index contributed by atoms with van der Waals surface area (Å²) in [6, 6.07) is 18.7. The first-order valence-electron chi connectivity index (χ1n) is 8.22. The number of hydrogen-bond donors (Lipinski definition) is 0. The molecule has 1 aliphatic rings. The first-order valence-corrected chi connectivity index (χ1v) is 9.01. The van der Waals surface area contributed by atoms with E-state index in [0.29, 0.717) is 0 Å². The molecule has 0 saturated carbocycles. The summed E-state index contributed by atoms with van der Waals surface area (Å²) in [5, 5.41) is 0. The van der Waals surface area contributed by atoms with Gasteiger partial charge in [0.05, 0.1) is 6.61 Å². The molecule has 2 aromatic carbocycles. The van der Waals surface area contributed by atoms with Crippen molar-refractivity contribution < 1.29 is 4.74 Å². The Morgan fingerprint density at radius 1 is 0.870 bits per heavy atom. The lowest BCUT2D eigenvalue weighted by molar-refractivity contribution is 0.224. The lowest BCUT2D eigenvalue weighted by atomic mass is 10.2. The van der Waals surface area contributed by atoms with E-state index < -0.39 is 0 Å². The van der Waals surface area contributed by atoms with Crippen molar-refractivity contribution in [1.29, 1.82) is 0 Å². The molecule has 1 saturated heterocycles. The van der Waals surface area contributed by atoms with Gasteiger partial charge < -0.3 is 9.64 Å². The SMILES string of the molecule is Brc1ccc(OCCCN2CCN(c3ccccc3)CC2)cc1. The van der Waals surface area contributed by atoms with E-state index in [-0.39, 0.29) is 0 Å². The van der Waals surface area contributed by atoms with E-state index in [0.717, 1.165) is 56.0 Å². The second-order valence-corrected chi connectivity index (χ2v) is 6.74. The van der Waals surface area contributed by atoms with Crippen LogP contribution in [0.3, 0.4) is 0 Å². The van der Waals surface area contributed by atoms with Gasteiger partial charge in [0.25, 0.3) is 0 Å². The molecule has 0 amide bonds. The standard InChI is InChI=1S/C19H23BrN2O/c20-17-7-9-19(10-8-17)23-16-4-11-21-12-14-22(15-13-21)18-5-2-1-3-6-18/h1-3,5-10H,4,11-16H2. The number of para-hydroxylation sites is 1. The Morgan fingerprint density at radius 3 is 2.26 bits per heavy atom.